The van der Waals surface area contributed by atoms with Crippen LogP contribution in [0.25, 0.3) is 5.69 Å². The summed E-state index contributed by atoms with van der Waals surface area (Å²) >= 11 is 12.6. The lowest BCUT2D eigenvalue weighted by molar-refractivity contribution is 0.573. The average molecular weight is 360 g/mol. The molecule has 2 aromatic carbocycles. The van der Waals surface area contributed by atoms with Gasteiger partial charge in [0.25, 0.3) is 0 Å². The molecule has 24 heavy (non-hydrogen) atoms. The van der Waals surface area contributed by atoms with Gasteiger partial charge in [-0.25, -0.2) is 4.68 Å². The largest absolute Gasteiger partial charge is 0.306 e. The Balaban J connectivity index is 1.77. The first-order valence-corrected chi connectivity index (χ1v) is 8.60. The molecule has 3 rings (SSSR count). The van der Waals surface area contributed by atoms with Gasteiger partial charge in [0.15, 0.2) is 0 Å². The van der Waals surface area contributed by atoms with Gasteiger partial charge < -0.3 is 5.32 Å². The predicted molar refractivity (Wildman–Crippen MR) is 100 cm³/mol. The second-order valence-corrected chi connectivity index (χ2v) is 6.55. The number of aryl methyl sites for hydroxylation is 1. The van der Waals surface area contributed by atoms with Crippen LogP contribution in [0.5, 0.6) is 0 Å². The number of para-hydroxylation sites is 1. The third-order valence-electron chi connectivity index (χ3n) is 4.06. The van der Waals surface area contributed by atoms with E-state index in [1.165, 1.54) is 0 Å². The Morgan fingerprint density at radius 1 is 1.08 bits per heavy atom. The van der Waals surface area contributed by atoms with Gasteiger partial charge in [-0.15, -0.1) is 0 Å². The van der Waals surface area contributed by atoms with Gasteiger partial charge in [-0.1, -0.05) is 53.5 Å². The van der Waals surface area contributed by atoms with Crippen LogP contribution in [0.15, 0.2) is 54.6 Å². The molecule has 0 spiro atoms. The Morgan fingerprint density at radius 2 is 1.83 bits per heavy atom. The first-order valence-electron chi connectivity index (χ1n) is 7.84. The minimum atomic E-state index is 0.166. The molecular weight excluding hydrogens is 341 g/mol. The van der Waals surface area contributed by atoms with Gasteiger partial charge in [0, 0.05) is 23.2 Å². The van der Waals surface area contributed by atoms with Gasteiger partial charge in [-0.2, -0.15) is 5.10 Å². The summed E-state index contributed by atoms with van der Waals surface area (Å²) in [5.74, 6) is 0. The van der Waals surface area contributed by atoms with E-state index in [2.05, 4.69) is 23.4 Å². The quantitative estimate of drug-likeness (QED) is 0.666. The van der Waals surface area contributed by atoms with Crippen molar-refractivity contribution in [3.05, 3.63) is 81.6 Å². The lowest BCUT2D eigenvalue weighted by Crippen LogP contribution is -2.18. The Morgan fingerprint density at radius 3 is 2.54 bits per heavy atom. The molecule has 5 heteroatoms. The maximum Gasteiger partial charge on any atom is 0.137 e. The summed E-state index contributed by atoms with van der Waals surface area (Å²) in [5, 5.41) is 9.45. The van der Waals surface area contributed by atoms with Gasteiger partial charge >= 0.3 is 0 Å². The lowest BCUT2D eigenvalue weighted by Gasteiger charge is -2.14. The van der Waals surface area contributed by atoms with Crippen molar-refractivity contribution >= 4 is 23.2 Å². The van der Waals surface area contributed by atoms with Crippen LogP contribution in [0, 0.1) is 6.92 Å². The van der Waals surface area contributed by atoms with Crippen LogP contribution in [-0.2, 0) is 6.54 Å². The number of halogens is 2. The van der Waals surface area contributed by atoms with Crippen molar-refractivity contribution in [3.8, 4) is 5.69 Å². The summed E-state index contributed by atoms with van der Waals surface area (Å²) in [7, 11) is 0. The van der Waals surface area contributed by atoms with E-state index >= 15 is 0 Å². The molecule has 0 bridgehead atoms. The van der Waals surface area contributed by atoms with Crippen LogP contribution < -0.4 is 5.32 Å². The third kappa shape index (κ3) is 3.64. The number of nitrogens with zero attached hydrogens (tertiary/aromatic N) is 2. The Bertz CT molecular complexity index is 828. The minimum absolute atomic E-state index is 0.166. The number of nitrogens with one attached hydrogen (secondary N) is 1. The molecule has 124 valence electrons. The molecule has 1 N–H and O–H groups in total. The van der Waals surface area contributed by atoms with E-state index in [0.717, 1.165) is 27.5 Å². The van der Waals surface area contributed by atoms with Crippen LogP contribution >= 0.6 is 23.2 Å². The van der Waals surface area contributed by atoms with Gasteiger partial charge in [-0.05, 0) is 43.7 Å². The van der Waals surface area contributed by atoms with Crippen molar-refractivity contribution in [2.75, 3.05) is 0 Å². The predicted octanol–water partition coefficient (Wildman–Crippen LogP) is 5.34. The molecule has 0 aliphatic carbocycles. The van der Waals surface area contributed by atoms with Crippen LogP contribution in [-0.4, -0.2) is 9.78 Å². The highest BCUT2D eigenvalue weighted by atomic mass is 35.5. The molecule has 0 saturated heterocycles. The molecule has 0 saturated carbocycles. The molecule has 0 unspecified atom stereocenters. The van der Waals surface area contributed by atoms with Gasteiger partial charge in [0.1, 0.15) is 5.15 Å². The summed E-state index contributed by atoms with van der Waals surface area (Å²) in [6.07, 6.45) is 0. The summed E-state index contributed by atoms with van der Waals surface area (Å²) in [5.41, 5.74) is 4.04. The summed E-state index contributed by atoms with van der Waals surface area (Å²) in [6, 6.07) is 17.9. The first-order chi connectivity index (χ1) is 11.6. The molecule has 1 atom stereocenters. The third-order valence-corrected chi connectivity index (χ3v) is 4.68. The second kappa shape index (κ2) is 7.39. The van der Waals surface area contributed by atoms with E-state index < -0.39 is 0 Å². The zero-order valence-electron chi connectivity index (χ0n) is 13.6. The fourth-order valence-corrected chi connectivity index (χ4v) is 3.16. The maximum absolute atomic E-state index is 6.56. The highest BCUT2D eigenvalue weighted by Gasteiger charge is 2.15. The number of hydrogen-bond donors (Lipinski definition) is 1. The van der Waals surface area contributed by atoms with Gasteiger partial charge in [0.2, 0.25) is 0 Å². The monoisotopic (exact) mass is 359 g/mol. The highest BCUT2D eigenvalue weighted by molar-refractivity contribution is 6.31. The first kappa shape index (κ1) is 17.0. The molecular formula is C19H19Cl2N3. The van der Waals surface area contributed by atoms with Crippen molar-refractivity contribution < 1.29 is 0 Å². The van der Waals surface area contributed by atoms with Crippen LogP contribution in [0.2, 0.25) is 10.2 Å². The molecule has 0 aliphatic rings. The SMILES string of the molecule is Cc1nn(-c2ccccc2)c(Cl)c1CN[C@H](C)c1cccc(Cl)c1. The molecule has 1 aromatic heterocycles. The second-order valence-electron chi connectivity index (χ2n) is 5.76. The Hall–Kier alpha value is -1.81. The van der Waals surface area contributed by atoms with Crippen molar-refractivity contribution in [2.45, 2.75) is 26.4 Å². The fourth-order valence-electron chi connectivity index (χ4n) is 2.62. The van der Waals surface area contributed by atoms with E-state index in [-0.39, 0.29) is 6.04 Å². The van der Waals surface area contributed by atoms with Crippen molar-refractivity contribution in [2.24, 2.45) is 0 Å². The number of rotatable bonds is 5. The van der Waals surface area contributed by atoms with Crippen molar-refractivity contribution in [1.29, 1.82) is 0 Å². The van der Waals surface area contributed by atoms with Crippen molar-refractivity contribution in [3.63, 3.8) is 0 Å². The summed E-state index contributed by atoms with van der Waals surface area (Å²) in [6.45, 7) is 4.73. The van der Waals surface area contributed by atoms with Crippen molar-refractivity contribution in [1.82, 2.24) is 15.1 Å². The molecule has 0 fully saturated rings. The maximum atomic E-state index is 6.56. The summed E-state index contributed by atoms with van der Waals surface area (Å²) < 4.78 is 1.78. The van der Waals surface area contributed by atoms with E-state index in [1.54, 1.807) is 4.68 Å². The molecule has 0 amide bonds. The van der Waals surface area contributed by atoms with Gasteiger partial charge in [-0.3, -0.25) is 0 Å². The van der Waals surface area contributed by atoms with E-state index in [0.29, 0.717) is 11.7 Å². The normalized spacial score (nSPS) is 12.3. The highest BCUT2D eigenvalue weighted by Crippen LogP contribution is 2.24. The molecule has 0 radical (unpaired) electrons. The number of hydrogen-bond acceptors (Lipinski definition) is 2. The van der Waals surface area contributed by atoms with Gasteiger partial charge in [0.05, 0.1) is 11.4 Å². The smallest absolute Gasteiger partial charge is 0.137 e. The Labute approximate surface area is 152 Å². The van der Waals surface area contributed by atoms with E-state index in [9.17, 15) is 0 Å². The number of benzene rings is 2. The Kier molecular flexibility index (Phi) is 5.24. The van der Waals surface area contributed by atoms with E-state index in [4.69, 9.17) is 23.2 Å². The molecule has 3 aromatic rings. The van der Waals surface area contributed by atoms with Crippen LogP contribution in [0.4, 0.5) is 0 Å². The van der Waals surface area contributed by atoms with E-state index in [1.807, 2.05) is 55.5 Å². The summed E-state index contributed by atoms with van der Waals surface area (Å²) in [4.78, 5) is 0. The fraction of sp³-hybridized carbons (Fsp3) is 0.211. The average Bonchev–Trinajstić information content (AvgIpc) is 2.88. The van der Waals surface area contributed by atoms with Crippen LogP contribution in [0.1, 0.15) is 29.8 Å². The molecule has 0 aliphatic heterocycles. The standard InChI is InChI=1S/C19H19Cl2N3/c1-13(15-7-6-8-16(20)11-15)22-12-18-14(2)23-24(19(18)21)17-9-4-3-5-10-17/h3-11,13,22H,12H2,1-2H3/t13-/m1/s1. The molecule has 3 nitrogen and oxygen atoms in total. The van der Waals surface area contributed by atoms with Crippen LogP contribution in [0.3, 0.4) is 0 Å². The zero-order chi connectivity index (χ0) is 17.1. The zero-order valence-corrected chi connectivity index (χ0v) is 15.1. The number of aromatic nitrogens is 2. The molecule has 1 heterocycles. The topological polar surface area (TPSA) is 29.9 Å². The lowest BCUT2D eigenvalue weighted by atomic mass is 10.1. The minimum Gasteiger partial charge on any atom is -0.306 e.